The predicted octanol–water partition coefficient (Wildman–Crippen LogP) is -0.522. The fourth-order valence-electron chi connectivity index (χ4n) is 2.40. The van der Waals surface area contributed by atoms with Crippen molar-refractivity contribution in [2.45, 2.75) is 37.3 Å². The Kier molecular flexibility index (Phi) is 3.47. The van der Waals surface area contributed by atoms with Gasteiger partial charge in [0, 0.05) is 26.3 Å². The lowest BCUT2D eigenvalue weighted by Gasteiger charge is -2.39. The molecule has 16 heavy (non-hydrogen) atoms. The first-order chi connectivity index (χ1) is 7.62. The Morgan fingerprint density at radius 1 is 1.44 bits per heavy atom. The van der Waals surface area contributed by atoms with Crippen molar-refractivity contribution < 1.29 is 14.6 Å². The molecule has 5 heteroatoms. The minimum Gasteiger partial charge on any atom is -0.391 e. The van der Waals surface area contributed by atoms with Crippen molar-refractivity contribution >= 4 is 5.91 Å². The lowest BCUT2D eigenvalue weighted by molar-refractivity contribution is -0.143. The highest BCUT2D eigenvalue weighted by molar-refractivity contribution is 5.86. The summed E-state index contributed by atoms with van der Waals surface area (Å²) in [6.07, 6.45) is 2.42. The standard InChI is InChI=1S/C11H20N2O3/c12-11(3-6-16-7-4-11)10(15)13-5-1-2-9(14)8-13/h9,14H,1-8,12H2/t9-/m0/s1. The van der Waals surface area contributed by atoms with E-state index >= 15 is 0 Å². The summed E-state index contributed by atoms with van der Waals surface area (Å²) in [5.74, 6) is -0.0189. The van der Waals surface area contributed by atoms with Crippen molar-refractivity contribution in [1.82, 2.24) is 4.90 Å². The molecule has 0 saturated carbocycles. The summed E-state index contributed by atoms with van der Waals surface area (Å²) >= 11 is 0. The second kappa shape index (κ2) is 4.69. The van der Waals surface area contributed by atoms with Gasteiger partial charge in [0.2, 0.25) is 5.91 Å². The van der Waals surface area contributed by atoms with Gasteiger partial charge in [-0.2, -0.15) is 0 Å². The third-order valence-electron chi connectivity index (χ3n) is 3.49. The van der Waals surface area contributed by atoms with Crippen molar-refractivity contribution in [2.75, 3.05) is 26.3 Å². The number of nitrogens with two attached hydrogens (primary N) is 1. The average molecular weight is 228 g/mol. The van der Waals surface area contributed by atoms with Crippen LogP contribution in [0.5, 0.6) is 0 Å². The number of hydrogen-bond acceptors (Lipinski definition) is 4. The minimum atomic E-state index is -0.769. The van der Waals surface area contributed by atoms with Crippen LogP contribution in [0.4, 0.5) is 0 Å². The van der Waals surface area contributed by atoms with Crippen molar-refractivity contribution in [1.29, 1.82) is 0 Å². The predicted molar refractivity (Wildman–Crippen MR) is 58.8 cm³/mol. The highest BCUT2D eigenvalue weighted by atomic mass is 16.5. The molecule has 1 atom stereocenters. The molecule has 3 N–H and O–H groups in total. The highest BCUT2D eigenvalue weighted by Crippen LogP contribution is 2.22. The smallest absolute Gasteiger partial charge is 0.242 e. The zero-order valence-corrected chi connectivity index (χ0v) is 9.52. The van der Waals surface area contributed by atoms with E-state index in [1.54, 1.807) is 4.90 Å². The van der Waals surface area contributed by atoms with Gasteiger partial charge in [0.05, 0.1) is 11.6 Å². The number of rotatable bonds is 1. The number of β-amino-alcohol motifs (C(OH)–C–C–N with tert-alkyl or cyclic N) is 1. The van der Waals surface area contributed by atoms with Crippen molar-refractivity contribution in [2.24, 2.45) is 5.73 Å². The van der Waals surface area contributed by atoms with Crippen LogP contribution in [0.15, 0.2) is 0 Å². The third kappa shape index (κ3) is 2.36. The number of carbonyl (C=O) groups excluding carboxylic acids is 1. The average Bonchev–Trinajstić information content (AvgIpc) is 2.29. The summed E-state index contributed by atoms with van der Waals surface area (Å²) in [4.78, 5) is 14.0. The monoisotopic (exact) mass is 228 g/mol. The zero-order valence-electron chi connectivity index (χ0n) is 9.52. The Morgan fingerprint density at radius 2 is 2.12 bits per heavy atom. The largest absolute Gasteiger partial charge is 0.391 e. The molecule has 2 aliphatic heterocycles. The molecule has 2 heterocycles. The van der Waals surface area contributed by atoms with Crippen LogP contribution in [0.2, 0.25) is 0 Å². The third-order valence-corrected chi connectivity index (χ3v) is 3.49. The van der Waals surface area contributed by atoms with Gasteiger partial charge in [-0.25, -0.2) is 0 Å². The molecule has 0 aromatic carbocycles. The first kappa shape index (κ1) is 11.8. The normalized spacial score (nSPS) is 30.1. The maximum absolute atomic E-state index is 12.3. The van der Waals surface area contributed by atoms with Gasteiger partial charge < -0.3 is 20.5 Å². The number of nitrogens with zero attached hydrogens (tertiary/aromatic N) is 1. The lowest BCUT2D eigenvalue weighted by atomic mass is 9.89. The SMILES string of the molecule is NC1(C(=O)N2CCC[C@H](O)C2)CCOCC1. The Bertz CT molecular complexity index is 264. The molecule has 5 nitrogen and oxygen atoms in total. The lowest BCUT2D eigenvalue weighted by Crippen LogP contribution is -2.60. The fourth-order valence-corrected chi connectivity index (χ4v) is 2.40. The van der Waals surface area contributed by atoms with E-state index in [0.717, 1.165) is 19.4 Å². The van der Waals surface area contributed by atoms with E-state index in [9.17, 15) is 9.90 Å². The molecule has 2 fully saturated rings. The van der Waals surface area contributed by atoms with Crippen LogP contribution >= 0.6 is 0 Å². The summed E-state index contributed by atoms with van der Waals surface area (Å²) in [6, 6.07) is 0. The van der Waals surface area contributed by atoms with Gasteiger partial charge in [-0.3, -0.25) is 4.79 Å². The Hall–Kier alpha value is -0.650. The molecule has 1 amide bonds. The van der Waals surface area contributed by atoms with E-state index in [2.05, 4.69) is 0 Å². The maximum Gasteiger partial charge on any atom is 0.242 e. The van der Waals surface area contributed by atoms with E-state index in [4.69, 9.17) is 10.5 Å². The van der Waals surface area contributed by atoms with E-state index in [0.29, 0.717) is 32.6 Å². The van der Waals surface area contributed by atoms with Crippen LogP contribution in [0, 0.1) is 0 Å². The molecule has 2 saturated heterocycles. The Morgan fingerprint density at radius 3 is 2.75 bits per heavy atom. The topological polar surface area (TPSA) is 75.8 Å². The van der Waals surface area contributed by atoms with Crippen LogP contribution < -0.4 is 5.73 Å². The summed E-state index contributed by atoms with van der Waals surface area (Å²) in [5.41, 5.74) is 5.36. The van der Waals surface area contributed by atoms with E-state index in [1.807, 2.05) is 0 Å². The van der Waals surface area contributed by atoms with E-state index < -0.39 is 5.54 Å². The molecule has 0 radical (unpaired) electrons. The van der Waals surface area contributed by atoms with Gasteiger partial charge in [0.25, 0.3) is 0 Å². The van der Waals surface area contributed by atoms with Crippen LogP contribution in [-0.2, 0) is 9.53 Å². The van der Waals surface area contributed by atoms with E-state index in [1.165, 1.54) is 0 Å². The highest BCUT2D eigenvalue weighted by Gasteiger charge is 2.39. The van der Waals surface area contributed by atoms with Crippen LogP contribution in [0.3, 0.4) is 0 Å². The fraction of sp³-hybridized carbons (Fsp3) is 0.909. The minimum absolute atomic E-state index is 0.0189. The molecule has 0 aromatic heterocycles. The number of aliphatic hydroxyl groups excluding tert-OH is 1. The molecular formula is C11H20N2O3. The Labute approximate surface area is 95.5 Å². The van der Waals surface area contributed by atoms with Crippen molar-refractivity contribution in [3.05, 3.63) is 0 Å². The van der Waals surface area contributed by atoms with Crippen LogP contribution in [0.1, 0.15) is 25.7 Å². The van der Waals surface area contributed by atoms with Crippen molar-refractivity contribution in [3.8, 4) is 0 Å². The van der Waals surface area contributed by atoms with Gasteiger partial charge in [-0.15, -0.1) is 0 Å². The number of amides is 1. The van der Waals surface area contributed by atoms with Gasteiger partial charge >= 0.3 is 0 Å². The van der Waals surface area contributed by atoms with Crippen LogP contribution in [0.25, 0.3) is 0 Å². The molecule has 2 aliphatic rings. The van der Waals surface area contributed by atoms with Crippen molar-refractivity contribution in [3.63, 3.8) is 0 Å². The van der Waals surface area contributed by atoms with Gasteiger partial charge in [-0.1, -0.05) is 0 Å². The van der Waals surface area contributed by atoms with Gasteiger partial charge in [-0.05, 0) is 25.7 Å². The molecule has 0 unspecified atom stereocenters. The molecule has 92 valence electrons. The maximum atomic E-state index is 12.3. The summed E-state index contributed by atoms with van der Waals surface area (Å²) in [6.45, 7) is 2.26. The number of carbonyl (C=O) groups is 1. The molecule has 0 spiro atoms. The summed E-state index contributed by atoms with van der Waals surface area (Å²) < 4.78 is 5.22. The quantitative estimate of drug-likeness (QED) is 0.633. The second-order valence-electron chi connectivity index (χ2n) is 4.82. The first-order valence-corrected chi connectivity index (χ1v) is 5.96. The van der Waals surface area contributed by atoms with Gasteiger partial charge in [0.15, 0.2) is 0 Å². The number of likely N-dealkylation sites (tertiary alicyclic amines) is 1. The number of ether oxygens (including phenoxy) is 1. The van der Waals surface area contributed by atoms with E-state index in [-0.39, 0.29) is 12.0 Å². The molecule has 2 rings (SSSR count). The van der Waals surface area contributed by atoms with Gasteiger partial charge in [0.1, 0.15) is 0 Å². The second-order valence-corrected chi connectivity index (χ2v) is 4.82. The number of hydrogen-bond donors (Lipinski definition) is 2. The molecule has 0 aromatic rings. The molecular weight excluding hydrogens is 208 g/mol. The molecule has 0 aliphatic carbocycles. The Balaban J connectivity index is 1.99. The summed E-state index contributed by atoms with van der Waals surface area (Å²) in [5, 5.41) is 9.55. The first-order valence-electron chi connectivity index (χ1n) is 5.96. The number of piperidine rings is 1. The zero-order chi connectivity index (χ0) is 11.6. The number of aliphatic hydroxyl groups is 1. The van der Waals surface area contributed by atoms with Crippen LogP contribution in [-0.4, -0.2) is 53.9 Å². The molecule has 0 bridgehead atoms. The summed E-state index contributed by atoms with van der Waals surface area (Å²) in [7, 11) is 0.